The van der Waals surface area contributed by atoms with Crippen molar-refractivity contribution < 1.29 is 4.79 Å². The van der Waals surface area contributed by atoms with Crippen LogP contribution in [0.2, 0.25) is 0 Å². The first-order valence-corrected chi connectivity index (χ1v) is 11.8. The molecule has 5 rings (SSSR count). The lowest BCUT2D eigenvalue weighted by Gasteiger charge is -2.40. The van der Waals surface area contributed by atoms with Gasteiger partial charge in [0.2, 0.25) is 5.91 Å². The fraction of sp³-hybridized carbons (Fsp3) is 0.407. The number of carbonyl (C=O) groups is 1. The van der Waals surface area contributed by atoms with Crippen molar-refractivity contribution in [2.45, 2.75) is 30.7 Å². The quantitative estimate of drug-likeness (QED) is 0.582. The predicted octanol–water partition coefficient (Wildman–Crippen LogP) is 3.76. The number of hydrogen-bond donors (Lipinski definition) is 1. The van der Waals surface area contributed by atoms with E-state index in [9.17, 15) is 4.79 Å². The Labute approximate surface area is 190 Å². The van der Waals surface area contributed by atoms with Gasteiger partial charge in [-0.05, 0) is 49.6 Å². The molecule has 1 saturated heterocycles. The molecule has 2 fully saturated rings. The van der Waals surface area contributed by atoms with Crippen LogP contribution in [-0.4, -0.2) is 60.5 Å². The molecule has 32 heavy (non-hydrogen) atoms. The van der Waals surface area contributed by atoms with Crippen LogP contribution in [0, 0.1) is 0 Å². The van der Waals surface area contributed by atoms with Gasteiger partial charge >= 0.3 is 0 Å². The Kier molecular flexibility index (Phi) is 5.94. The van der Waals surface area contributed by atoms with Crippen LogP contribution in [-0.2, 0) is 10.2 Å². The van der Waals surface area contributed by atoms with E-state index in [1.807, 2.05) is 30.5 Å². The summed E-state index contributed by atoms with van der Waals surface area (Å²) in [5.41, 5.74) is 3.10. The molecule has 1 aliphatic heterocycles. The molecular formula is C27H32N4O. The largest absolute Gasteiger partial charge is 0.355 e. The summed E-state index contributed by atoms with van der Waals surface area (Å²) in [7, 11) is 2.20. The van der Waals surface area contributed by atoms with Gasteiger partial charge in [-0.15, -0.1) is 0 Å². The molecule has 1 N–H and O–H groups in total. The summed E-state index contributed by atoms with van der Waals surface area (Å²) in [6.07, 6.45) is 4.64. The molecule has 1 amide bonds. The maximum Gasteiger partial charge on any atom is 0.230 e. The molecule has 166 valence electrons. The summed E-state index contributed by atoms with van der Waals surface area (Å²) >= 11 is 0. The van der Waals surface area contributed by atoms with Gasteiger partial charge in [-0.2, -0.15) is 0 Å². The average Bonchev–Trinajstić information content (AvgIpc) is 3.65. The maximum atomic E-state index is 13.2. The zero-order chi connectivity index (χ0) is 22.0. The molecule has 1 unspecified atom stereocenters. The average molecular weight is 429 g/mol. The summed E-state index contributed by atoms with van der Waals surface area (Å²) in [4.78, 5) is 22.6. The molecule has 0 bridgehead atoms. The number of benzene rings is 2. The second-order valence-electron chi connectivity index (χ2n) is 9.29. The minimum atomic E-state index is -0.372. The van der Waals surface area contributed by atoms with Crippen molar-refractivity contribution in [3.63, 3.8) is 0 Å². The van der Waals surface area contributed by atoms with E-state index in [0.29, 0.717) is 6.04 Å². The number of hydrogen-bond acceptors (Lipinski definition) is 4. The Morgan fingerprint density at radius 2 is 1.84 bits per heavy atom. The third-order valence-electron chi connectivity index (χ3n) is 7.14. The number of para-hydroxylation sites is 1. The van der Waals surface area contributed by atoms with Gasteiger partial charge in [-0.1, -0.05) is 48.5 Å². The van der Waals surface area contributed by atoms with Gasteiger partial charge in [-0.25, -0.2) is 0 Å². The first-order chi connectivity index (χ1) is 15.7. The molecular weight excluding hydrogens is 396 g/mol. The van der Waals surface area contributed by atoms with Crippen LogP contribution in [0.5, 0.6) is 0 Å². The number of nitrogens with zero attached hydrogens (tertiary/aromatic N) is 3. The lowest BCUT2D eigenvalue weighted by Crippen LogP contribution is -2.47. The number of likely N-dealkylation sites (N-methyl/N-ethyl adjacent to an activating group) is 1. The van der Waals surface area contributed by atoms with Crippen LogP contribution >= 0.6 is 0 Å². The van der Waals surface area contributed by atoms with E-state index in [0.717, 1.165) is 68.5 Å². The van der Waals surface area contributed by atoms with E-state index in [4.69, 9.17) is 0 Å². The van der Waals surface area contributed by atoms with Gasteiger partial charge in [0, 0.05) is 50.3 Å². The van der Waals surface area contributed by atoms with Crippen molar-refractivity contribution in [2.24, 2.45) is 0 Å². The van der Waals surface area contributed by atoms with Crippen LogP contribution in [0.1, 0.15) is 36.4 Å². The Balaban J connectivity index is 1.20. The van der Waals surface area contributed by atoms with E-state index in [1.54, 1.807) is 0 Å². The van der Waals surface area contributed by atoms with E-state index in [-0.39, 0.29) is 11.3 Å². The molecule has 0 radical (unpaired) electrons. The fourth-order valence-corrected chi connectivity index (χ4v) is 5.13. The molecule has 1 atom stereocenters. The highest BCUT2D eigenvalue weighted by Crippen LogP contribution is 2.50. The van der Waals surface area contributed by atoms with Crippen LogP contribution in [0.25, 0.3) is 10.9 Å². The number of rotatable bonds is 7. The summed E-state index contributed by atoms with van der Waals surface area (Å²) < 4.78 is 0. The predicted molar refractivity (Wildman–Crippen MR) is 129 cm³/mol. The van der Waals surface area contributed by atoms with Gasteiger partial charge in [-0.3, -0.25) is 14.7 Å². The van der Waals surface area contributed by atoms with E-state index in [1.165, 1.54) is 5.56 Å². The highest BCUT2D eigenvalue weighted by atomic mass is 16.2. The minimum absolute atomic E-state index is 0.173. The number of aromatic nitrogens is 1. The third-order valence-corrected chi connectivity index (χ3v) is 7.14. The number of piperazine rings is 1. The van der Waals surface area contributed by atoms with Gasteiger partial charge < -0.3 is 10.2 Å². The molecule has 2 heterocycles. The molecule has 3 aromatic rings. The van der Waals surface area contributed by atoms with Crippen LogP contribution in [0.3, 0.4) is 0 Å². The second-order valence-corrected chi connectivity index (χ2v) is 9.29. The van der Waals surface area contributed by atoms with Crippen LogP contribution < -0.4 is 5.32 Å². The zero-order valence-electron chi connectivity index (χ0n) is 18.8. The van der Waals surface area contributed by atoms with E-state index >= 15 is 0 Å². The SMILES string of the molecule is CN1CCN(CCCNC(=O)C2(c3ccnc4ccccc34)CC2)C(c2ccccc2)C1. The number of nitrogens with one attached hydrogen (secondary N) is 1. The first-order valence-electron chi connectivity index (χ1n) is 11.8. The molecule has 0 spiro atoms. The van der Waals surface area contributed by atoms with Crippen LogP contribution in [0.4, 0.5) is 0 Å². The van der Waals surface area contributed by atoms with Crippen molar-refractivity contribution >= 4 is 16.8 Å². The van der Waals surface area contributed by atoms with Crippen LogP contribution in [0.15, 0.2) is 66.9 Å². The molecule has 5 nitrogen and oxygen atoms in total. The van der Waals surface area contributed by atoms with Gasteiger partial charge in [0.25, 0.3) is 0 Å². The number of amides is 1. The Morgan fingerprint density at radius 1 is 1.06 bits per heavy atom. The Bertz CT molecular complexity index is 1070. The monoisotopic (exact) mass is 428 g/mol. The fourth-order valence-electron chi connectivity index (χ4n) is 5.13. The molecule has 2 aromatic carbocycles. The highest BCUT2D eigenvalue weighted by Gasteiger charge is 2.51. The Morgan fingerprint density at radius 3 is 2.66 bits per heavy atom. The van der Waals surface area contributed by atoms with Crippen molar-refractivity contribution in [2.75, 3.05) is 39.8 Å². The zero-order valence-corrected chi connectivity index (χ0v) is 18.8. The molecule has 1 saturated carbocycles. The molecule has 1 aromatic heterocycles. The second kappa shape index (κ2) is 9.00. The molecule has 5 heteroatoms. The van der Waals surface area contributed by atoms with Gasteiger partial charge in [0.15, 0.2) is 0 Å². The van der Waals surface area contributed by atoms with Crippen molar-refractivity contribution in [1.82, 2.24) is 20.1 Å². The number of pyridine rings is 1. The number of fused-ring (bicyclic) bond motifs is 1. The van der Waals surface area contributed by atoms with E-state index < -0.39 is 0 Å². The first kappa shape index (κ1) is 21.1. The summed E-state index contributed by atoms with van der Waals surface area (Å²) in [5.74, 6) is 0.173. The van der Waals surface area contributed by atoms with Crippen molar-refractivity contribution in [3.8, 4) is 0 Å². The third kappa shape index (κ3) is 4.15. The maximum absolute atomic E-state index is 13.2. The summed E-state index contributed by atoms with van der Waals surface area (Å²) in [5, 5.41) is 4.36. The smallest absolute Gasteiger partial charge is 0.230 e. The van der Waals surface area contributed by atoms with Gasteiger partial charge in [0.05, 0.1) is 10.9 Å². The topological polar surface area (TPSA) is 48.5 Å². The normalized spacial score (nSPS) is 20.8. The minimum Gasteiger partial charge on any atom is -0.355 e. The van der Waals surface area contributed by atoms with Gasteiger partial charge in [0.1, 0.15) is 0 Å². The summed E-state index contributed by atoms with van der Waals surface area (Å²) in [6.45, 7) is 4.93. The standard InChI is InChI=1S/C27H32N4O/c1-30-18-19-31(25(20-30)21-8-3-2-4-9-21)17-7-15-29-26(32)27(13-14-27)23-12-16-28-24-11-6-5-10-22(23)24/h2-6,8-12,16,25H,7,13-15,17-20H2,1H3,(H,29,32). The summed E-state index contributed by atoms with van der Waals surface area (Å²) in [6, 6.07) is 21.4. The molecule has 1 aliphatic carbocycles. The van der Waals surface area contributed by atoms with Crippen molar-refractivity contribution in [3.05, 3.63) is 78.0 Å². The lowest BCUT2D eigenvalue weighted by molar-refractivity contribution is -0.123. The lowest BCUT2D eigenvalue weighted by atomic mass is 9.92. The molecule has 2 aliphatic rings. The van der Waals surface area contributed by atoms with Crippen molar-refractivity contribution in [1.29, 1.82) is 0 Å². The Hall–Kier alpha value is -2.76. The highest BCUT2D eigenvalue weighted by molar-refractivity contribution is 5.97. The number of carbonyl (C=O) groups excluding carboxylic acids is 1. The van der Waals surface area contributed by atoms with E-state index in [2.05, 4.69) is 63.5 Å².